The van der Waals surface area contributed by atoms with E-state index >= 15 is 0 Å². The molecule has 0 fully saturated rings. The van der Waals surface area contributed by atoms with Crippen LogP contribution >= 0.6 is 0 Å². The van der Waals surface area contributed by atoms with E-state index < -0.39 is 0 Å². The molecule has 0 aliphatic heterocycles. The number of methoxy groups -OCH3 is 2. The molecule has 0 saturated carbocycles. The summed E-state index contributed by atoms with van der Waals surface area (Å²) in [5.41, 5.74) is 7.65. The molecule has 0 spiro atoms. The third-order valence-electron chi connectivity index (χ3n) is 2.70. The molecule has 0 amide bonds. The Balaban J connectivity index is 2.70. The van der Waals surface area contributed by atoms with Crippen molar-refractivity contribution >= 4 is 5.96 Å². The molecule has 1 atom stereocenters. The Hall–Kier alpha value is -1.76. The van der Waals surface area contributed by atoms with Gasteiger partial charge in [0, 0.05) is 20.2 Å². The zero-order chi connectivity index (χ0) is 14.4. The molecule has 0 aromatic carbocycles. The smallest absolute Gasteiger partial charge is 0.216 e. The summed E-state index contributed by atoms with van der Waals surface area (Å²) in [5.74, 6) is 1.09. The Labute approximate surface area is 113 Å². The van der Waals surface area contributed by atoms with Gasteiger partial charge in [-0.05, 0) is 13.8 Å². The maximum absolute atomic E-state index is 5.82. The van der Waals surface area contributed by atoms with Crippen LogP contribution in [0.4, 0.5) is 0 Å². The summed E-state index contributed by atoms with van der Waals surface area (Å²) in [4.78, 5) is 4.29. The minimum absolute atomic E-state index is 0.116. The molecule has 19 heavy (non-hydrogen) atoms. The number of aryl methyl sites for hydroxylation is 2. The highest BCUT2D eigenvalue weighted by atomic mass is 16.5. The van der Waals surface area contributed by atoms with Crippen molar-refractivity contribution in [1.82, 2.24) is 15.1 Å². The molecule has 1 heterocycles. The Morgan fingerprint density at radius 2 is 2.21 bits per heavy atom. The van der Waals surface area contributed by atoms with Crippen LogP contribution in [0.2, 0.25) is 0 Å². The molecule has 0 aliphatic carbocycles. The van der Waals surface area contributed by atoms with E-state index in [9.17, 15) is 0 Å². The molecule has 0 saturated heterocycles. The number of nitrogens with zero attached hydrogens (tertiary/aromatic N) is 3. The minimum Gasteiger partial charge on any atom is -0.481 e. The van der Waals surface area contributed by atoms with Gasteiger partial charge in [-0.1, -0.05) is 0 Å². The van der Waals surface area contributed by atoms with Gasteiger partial charge in [0.15, 0.2) is 5.96 Å². The van der Waals surface area contributed by atoms with Gasteiger partial charge in [-0.15, -0.1) is 0 Å². The molecule has 0 radical (unpaired) electrons. The van der Waals surface area contributed by atoms with Gasteiger partial charge in [-0.25, -0.2) is 9.67 Å². The fourth-order valence-corrected chi connectivity index (χ4v) is 1.87. The van der Waals surface area contributed by atoms with Crippen molar-refractivity contribution in [3.05, 3.63) is 11.3 Å². The SMILES string of the molecule is COCC(C)NC(N)=NCc1c(C)nn(C)c1OC. The van der Waals surface area contributed by atoms with Crippen molar-refractivity contribution in [1.29, 1.82) is 0 Å². The maximum atomic E-state index is 5.82. The van der Waals surface area contributed by atoms with Crippen LogP contribution in [0, 0.1) is 6.92 Å². The van der Waals surface area contributed by atoms with Crippen LogP contribution in [0.3, 0.4) is 0 Å². The minimum atomic E-state index is 0.116. The Morgan fingerprint density at radius 3 is 2.79 bits per heavy atom. The second-order valence-corrected chi connectivity index (χ2v) is 4.40. The Kier molecular flexibility index (Phi) is 5.62. The van der Waals surface area contributed by atoms with Crippen LogP contribution in [0.5, 0.6) is 5.88 Å². The van der Waals surface area contributed by atoms with Crippen molar-refractivity contribution in [2.24, 2.45) is 17.8 Å². The number of rotatable bonds is 6. The number of aliphatic imine (C=N–C) groups is 1. The summed E-state index contributed by atoms with van der Waals surface area (Å²) < 4.78 is 12.0. The van der Waals surface area contributed by atoms with E-state index in [2.05, 4.69) is 15.4 Å². The third kappa shape index (κ3) is 4.13. The van der Waals surface area contributed by atoms with E-state index in [-0.39, 0.29) is 6.04 Å². The highest BCUT2D eigenvalue weighted by molar-refractivity contribution is 5.78. The lowest BCUT2D eigenvalue weighted by Crippen LogP contribution is -2.40. The fourth-order valence-electron chi connectivity index (χ4n) is 1.87. The van der Waals surface area contributed by atoms with Gasteiger partial charge in [-0.2, -0.15) is 5.10 Å². The monoisotopic (exact) mass is 269 g/mol. The van der Waals surface area contributed by atoms with Gasteiger partial charge < -0.3 is 20.5 Å². The first-order chi connectivity index (χ1) is 8.99. The third-order valence-corrected chi connectivity index (χ3v) is 2.70. The molecular weight excluding hydrogens is 246 g/mol. The van der Waals surface area contributed by atoms with Crippen LogP contribution in [0.1, 0.15) is 18.2 Å². The van der Waals surface area contributed by atoms with E-state index in [0.717, 1.165) is 11.3 Å². The average molecular weight is 269 g/mol. The van der Waals surface area contributed by atoms with Crippen molar-refractivity contribution in [2.75, 3.05) is 20.8 Å². The van der Waals surface area contributed by atoms with E-state index in [1.807, 2.05) is 20.9 Å². The first-order valence-electron chi connectivity index (χ1n) is 6.11. The second kappa shape index (κ2) is 6.98. The topological polar surface area (TPSA) is 86.7 Å². The standard InChI is InChI=1S/C12H23N5O2/c1-8(7-18-4)15-12(13)14-6-10-9(2)16-17(3)11(10)19-5/h8H,6-7H2,1-5H3,(H3,13,14,15). The van der Waals surface area contributed by atoms with Gasteiger partial charge in [-0.3, -0.25) is 0 Å². The summed E-state index contributed by atoms with van der Waals surface area (Å²) in [6.07, 6.45) is 0. The molecule has 7 nitrogen and oxygen atoms in total. The van der Waals surface area contributed by atoms with Gasteiger partial charge in [0.05, 0.1) is 31.5 Å². The lowest BCUT2D eigenvalue weighted by Gasteiger charge is -2.13. The number of aromatic nitrogens is 2. The normalized spacial score (nSPS) is 13.4. The van der Waals surface area contributed by atoms with Crippen molar-refractivity contribution in [3.63, 3.8) is 0 Å². The fraction of sp³-hybridized carbons (Fsp3) is 0.667. The predicted octanol–water partition coefficient (Wildman–Crippen LogP) is 0.176. The summed E-state index contributed by atoms with van der Waals surface area (Å²) in [6, 6.07) is 0.116. The molecule has 7 heteroatoms. The Bertz CT molecular complexity index is 442. The highest BCUT2D eigenvalue weighted by Gasteiger charge is 2.13. The van der Waals surface area contributed by atoms with Crippen LogP contribution < -0.4 is 15.8 Å². The lowest BCUT2D eigenvalue weighted by atomic mass is 10.2. The second-order valence-electron chi connectivity index (χ2n) is 4.40. The van der Waals surface area contributed by atoms with Crippen LogP contribution in [0.25, 0.3) is 0 Å². The van der Waals surface area contributed by atoms with Gasteiger partial charge in [0.1, 0.15) is 0 Å². The Morgan fingerprint density at radius 1 is 1.53 bits per heavy atom. The molecule has 0 aliphatic rings. The molecule has 1 unspecified atom stereocenters. The van der Waals surface area contributed by atoms with Crippen molar-refractivity contribution in [3.8, 4) is 5.88 Å². The summed E-state index contributed by atoms with van der Waals surface area (Å²) in [7, 11) is 5.10. The van der Waals surface area contributed by atoms with Crippen LogP contribution in [-0.2, 0) is 18.3 Å². The first kappa shape index (κ1) is 15.3. The van der Waals surface area contributed by atoms with Gasteiger partial charge in [0.25, 0.3) is 0 Å². The highest BCUT2D eigenvalue weighted by Crippen LogP contribution is 2.21. The molecule has 108 valence electrons. The van der Waals surface area contributed by atoms with E-state index in [0.29, 0.717) is 25.0 Å². The molecule has 1 aromatic heterocycles. The van der Waals surface area contributed by atoms with Gasteiger partial charge >= 0.3 is 0 Å². The van der Waals surface area contributed by atoms with E-state index in [1.165, 1.54) is 0 Å². The summed E-state index contributed by atoms with van der Waals surface area (Å²) in [6.45, 7) is 4.90. The molecule has 1 aromatic rings. The number of guanidine groups is 1. The molecular formula is C12H23N5O2. The van der Waals surface area contributed by atoms with Crippen LogP contribution in [-0.4, -0.2) is 42.6 Å². The first-order valence-corrected chi connectivity index (χ1v) is 6.11. The number of nitrogens with two attached hydrogens (primary N) is 1. The quantitative estimate of drug-likeness (QED) is 0.568. The zero-order valence-corrected chi connectivity index (χ0v) is 12.2. The van der Waals surface area contributed by atoms with E-state index in [1.54, 1.807) is 18.9 Å². The summed E-state index contributed by atoms with van der Waals surface area (Å²) >= 11 is 0. The molecule has 1 rings (SSSR count). The number of nitrogens with one attached hydrogen (secondary N) is 1. The van der Waals surface area contributed by atoms with E-state index in [4.69, 9.17) is 15.2 Å². The zero-order valence-electron chi connectivity index (χ0n) is 12.2. The molecule has 3 N–H and O–H groups in total. The molecule has 0 bridgehead atoms. The summed E-state index contributed by atoms with van der Waals surface area (Å²) in [5, 5.41) is 7.34. The van der Waals surface area contributed by atoms with Crippen molar-refractivity contribution in [2.45, 2.75) is 26.4 Å². The number of ether oxygens (including phenoxy) is 2. The number of hydrogen-bond acceptors (Lipinski definition) is 4. The largest absolute Gasteiger partial charge is 0.481 e. The maximum Gasteiger partial charge on any atom is 0.216 e. The van der Waals surface area contributed by atoms with Crippen LogP contribution in [0.15, 0.2) is 4.99 Å². The van der Waals surface area contributed by atoms with Crippen molar-refractivity contribution < 1.29 is 9.47 Å². The number of hydrogen-bond donors (Lipinski definition) is 2. The average Bonchev–Trinajstić information content (AvgIpc) is 2.60. The lowest BCUT2D eigenvalue weighted by molar-refractivity contribution is 0.179. The van der Waals surface area contributed by atoms with Gasteiger partial charge in [0.2, 0.25) is 5.88 Å². The predicted molar refractivity (Wildman–Crippen MR) is 74.3 cm³/mol.